The van der Waals surface area contributed by atoms with E-state index in [1.807, 2.05) is 18.3 Å². The molecule has 106 valence electrons. The molecule has 5 heteroatoms. The summed E-state index contributed by atoms with van der Waals surface area (Å²) in [4.78, 5) is 6.55. The molecule has 1 fully saturated rings. The Morgan fingerprint density at radius 2 is 2.32 bits per heavy atom. The average molecular weight is 285 g/mol. The first-order valence-electron chi connectivity index (χ1n) is 6.67. The predicted octanol–water partition coefficient (Wildman–Crippen LogP) is 2.22. The Morgan fingerprint density at radius 3 is 3.05 bits per heavy atom. The standard InChI is InChI=1S/C14H21ClN2O2/c1-18-6-7-19-11-13-4-5-17(10-13)9-12-2-3-14(15)16-8-12/h2-3,8,13H,4-7,9-11H2,1H3/t13-/m0/s1. The van der Waals surface area contributed by atoms with Crippen LogP contribution in [0, 0.1) is 5.92 Å². The summed E-state index contributed by atoms with van der Waals surface area (Å²) in [6.45, 7) is 5.36. The Morgan fingerprint density at radius 1 is 1.42 bits per heavy atom. The Balaban J connectivity index is 1.68. The number of hydrogen-bond donors (Lipinski definition) is 0. The molecule has 0 spiro atoms. The highest BCUT2D eigenvalue weighted by atomic mass is 35.5. The maximum absolute atomic E-state index is 5.78. The van der Waals surface area contributed by atoms with Crippen LogP contribution in [0.15, 0.2) is 18.3 Å². The number of aromatic nitrogens is 1. The quantitative estimate of drug-likeness (QED) is 0.568. The summed E-state index contributed by atoms with van der Waals surface area (Å²) in [5.74, 6) is 0.636. The summed E-state index contributed by atoms with van der Waals surface area (Å²) in [6, 6.07) is 3.88. The third kappa shape index (κ3) is 5.07. The zero-order chi connectivity index (χ0) is 13.5. The van der Waals surface area contributed by atoms with Crippen molar-refractivity contribution in [2.45, 2.75) is 13.0 Å². The van der Waals surface area contributed by atoms with E-state index >= 15 is 0 Å². The van der Waals surface area contributed by atoms with E-state index in [0.29, 0.717) is 24.3 Å². The molecule has 4 nitrogen and oxygen atoms in total. The molecule has 1 atom stereocenters. The van der Waals surface area contributed by atoms with Gasteiger partial charge in [-0.25, -0.2) is 4.98 Å². The van der Waals surface area contributed by atoms with Gasteiger partial charge in [-0.1, -0.05) is 17.7 Å². The van der Waals surface area contributed by atoms with E-state index < -0.39 is 0 Å². The van der Waals surface area contributed by atoms with Gasteiger partial charge in [-0.15, -0.1) is 0 Å². The molecule has 0 bridgehead atoms. The van der Waals surface area contributed by atoms with Crippen LogP contribution in [0.2, 0.25) is 5.15 Å². The van der Waals surface area contributed by atoms with Gasteiger partial charge in [-0.2, -0.15) is 0 Å². The first-order chi connectivity index (χ1) is 9.28. The highest BCUT2D eigenvalue weighted by Gasteiger charge is 2.22. The van der Waals surface area contributed by atoms with Crippen LogP contribution in [0.1, 0.15) is 12.0 Å². The van der Waals surface area contributed by atoms with Crippen LogP contribution in [-0.2, 0) is 16.0 Å². The Bertz CT molecular complexity index is 372. The van der Waals surface area contributed by atoms with Gasteiger partial charge in [-0.05, 0) is 30.5 Å². The van der Waals surface area contributed by atoms with E-state index in [2.05, 4.69) is 9.88 Å². The van der Waals surface area contributed by atoms with E-state index in [-0.39, 0.29) is 0 Å². The van der Waals surface area contributed by atoms with Gasteiger partial charge in [0.25, 0.3) is 0 Å². The Labute approximate surface area is 119 Å². The molecule has 0 amide bonds. The van der Waals surface area contributed by atoms with Crippen LogP contribution < -0.4 is 0 Å². The fourth-order valence-electron chi connectivity index (χ4n) is 2.34. The van der Waals surface area contributed by atoms with Crippen molar-refractivity contribution in [3.8, 4) is 0 Å². The molecular formula is C14H21ClN2O2. The smallest absolute Gasteiger partial charge is 0.129 e. The van der Waals surface area contributed by atoms with Gasteiger partial charge in [0.2, 0.25) is 0 Å². The minimum Gasteiger partial charge on any atom is -0.382 e. The SMILES string of the molecule is COCCOC[C@H]1CCN(Cc2ccc(Cl)nc2)C1. The fraction of sp³-hybridized carbons (Fsp3) is 0.643. The molecule has 0 N–H and O–H groups in total. The molecule has 0 radical (unpaired) electrons. The minimum atomic E-state index is 0.551. The molecule has 1 aromatic heterocycles. The van der Waals surface area contributed by atoms with Crippen LogP contribution in [0.5, 0.6) is 0 Å². The fourth-order valence-corrected chi connectivity index (χ4v) is 2.45. The molecule has 2 rings (SSSR count). The molecule has 19 heavy (non-hydrogen) atoms. The number of nitrogens with zero attached hydrogens (tertiary/aromatic N) is 2. The lowest BCUT2D eigenvalue weighted by molar-refractivity contribution is 0.0525. The number of halogens is 1. The maximum atomic E-state index is 5.78. The van der Waals surface area contributed by atoms with Crippen LogP contribution in [-0.4, -0.2) is 49.9 Å². The molecule has 0 aliphatic carbocycles. The normalized spacial score (nSPS) is 20.0. The van der Waals surface area contributed by atoms with Gasteiger partial charge in [-0.3, -0.25) is 4.90 Å². The average Bonchev–Trinajstić information content (AvgIpc) is 2.85. The van der Waals surface area contributed by atoms with Crippen LogP contribution in [0.3, 0.4) is 0 Å². The lowest BCUT2D eigenvalue weighted by Crippen LogP contribution is -2.21. The van der Waals surface area contributed by atoms with Gasteiger partial charge >= 0.3 is 0 Å². The first-order valence-corrected chi connectivity index (χ1v) is 7.05. The largest absolute Gasteiger partial charge is 0.382 e. The maximum Gasteiger partial charge on any atom is 0.129 e. The van der Waals surface area contributed by atoms with Gasteiger partial charge < -0.3 is 9.47 Å². The van der Waals surface area contributed by atoms with E-state index in [1.54, 1.807) is 7.11 Å². The van der Waals surface area contributed by atoms with Crippen molar-refractivity contribution >= 4 is 11.6 Å². The van der Waals surface area contributed by atoms with Crippen LogP contribution >= 0.6 is 11.6 Å². The zero-order valence-electron chi connectivity index (χ0n) is 11.3. The number of likely N-dealkylation sites (tertiary alicyclic amines) is 1. The number of pyridine rings is 1. The Hall–Kier alpha value is -0.680. The molecule has 0 saturated carbocycles. The van der Waals surface area contributed by atoms with Gasteiger partial charge in [0.15, 0.2) is 0 Å². The molecule has 0 aromatic carbocycles. The third-order valence-corrected chi connectivity index (χ3v) is 3.57. The van der Waals surface area contributed by atoms with Gasteiger partial charge in [0, 0.05) is 26.4 Å². The van der Waals surface area contributed by atoms with Crippen LogP contribution in [0.4, 0.5) is 0 Å². The highest BCUT2D eigenvalue weighted by molar-refractivity contribution is 6.29. The Kier molecular flexibility index (Phi) is 6.04. The summed E-state index contributed by atoms with van der Waals surface area (Å²) < 4.78 is 10.6. The molecule has 1 aliphatic rings. The van der Waals surface area contributed by atoms with Crippen molar-refractivity contribution in [2.75, 3.05) is 40.0 Å². The summed E-state index contributed by atoms with van der Waals surface area (Å²) >= 11 is 5.78. The van der Waals surface area contributed by atoms with Crippen LogP contribution in [0.25, 0.3) is 0 Å². The molecular weight excluding hydrogens is 264 g/mol. The number of rotatable bonds is 7. The second kappa shape index (κ2) is 7.80. The van der Waals surface area contributed by atoms with E-state index in [9.17, 15) is 0 Å². The van der Waals surface area contributed by atoms with Crippen molar-refractivity contribution < 1.29 is 9.47 Å². The number of hydrogen-bond acceptors (Lipinski definition) is 4. The number of ether oxygens (including phenoxy) is 2. The van der Waals surface area contributed by atoms with E-state index in [4.69, 9.17) is 21.1 Å². The monoisotopic (exact) mass is 284 g/mol. The summed E-state index contributed by atoms with van der Waals surface area (Å²) in [5, 5.41) is 0.551. The van der Waals surface area contributed by atoms with Crippen molar-refractivity contribution in [1.82, 2.24) is 9.88 Å². The molecule has 2 heterocycles. The van der Waals surface area contributed by atoms with Crippen molar-refractivity contribution in [2.24, 2.45) is 5.92 Å². The van der Waals surface area contributed by atoms with E-state index in [0.717, 1.165) is 26.2 Å². The van der Waals surface area contributed by atoms with Gasteiger partial charge in [0.05, 0.1) is 19.8 Å². The summed E-state index contributed by atoms with van der Waals surface area (Å²) in [6.07, 6.45) is 3.05. The number of methoxy groups -OCH3 is 1. The van der Waals surface area contributed by atoms with Crippen molar-refractivity contribution in [1.29, 1.82) is 0 Å². The molecule has 0 unspecified atom stereocenters. The summed E-state index contributed by atoms with van der Waals surface area (Å²) in [7, 11) is 1.70. The lowest BCUT2D eigenvalue weighted by Gasteiger charge is -2.16. The molecule has 1 saturated heterocycles. The third-order valence-electron chi connectivity index (χ3n) is 3.35. The highest BCUT2D eigenvalue weighted by Crippen LogP contribution is 2.19. The second-order valence-corrected chi connectivity index (χ2v) is 5.33. The first kappa shape index (κ1) is 14.7. The van der Waals surface area contributed by atoms with E-state index in [1.165, 1.54) is 12.0 Å². The summed E-state index contributed by atoms with van der Waals surface area (Å²) in [5.41, 5.74) is 1.21. The lowest BCUT2D eigenvalue weighted by atomic mass is 10.1. The van der Waals surface area contributed by atoms with Crippen molar-refractivity contribution in [3.05, 3.63) is 29.0 Å². The zero-order valence-corrected chi connectivity index (χ0v) is 12.1. The van der Waals surface area contributed by atoms with Gasteiger partial charge in [0.1, 0.15) is 5.15 Å². The molecule has 1 aromatic rings. The minimum absolute atomic E-state index is 0.551. The molecule has 1 aliphatic heterocycles. The second-order valence-electron chi connectivity index (χ2n) is 4.95. The topological polar surface area (TPSA) is 34.6 Å². The predicted molar refractivity (Wildman–Crippen MR) is 75.3 cm³/mol. The van der Waals surface area contributed by atoms with Crippen molar-refractivity contribution in [3.63, 3.8) is 0 Å².